The summed E-state index contributed by atoms with van der Waals surface area (Å²) in [5.74, 6) is -1.30. The highest BCUT2D eigenvalue weighted by Crippen LogP contribution is 2.40. The molecule has 0 radical (unpaired) electrons. The highest BCUT2D eigenvalue weighted by Gasteiger charge is 2.40. The van der Waals surface area contributed by atoms with E-state index < -0.39 is 18.0 Å². The minimum atomic E-state index is -1.03. The van der Waals surface area contributed by atoms with Crippen LogP contribution in [0.2, 0.25) is 0 Å². The Morgan fingerprint density at radius 2 is 1.93 bits per heavy atom. The Morgan fingerprint density at radius 1 is 1.21 bits per heavy atom. The van der Waals surface area contributed by atoms with Gasteiger partial charge in [0.2, 0.25) is 0 Å². The molecule has 0 bridgehead atoms. The zero-order valence-electron chi connectivity index (χ0n) is 16.5. The first-order valence-electron chi connectivity index (χ1n) is 9.79. The number of rotatable bonds is 6. The fourth-order valence-electron chi connectivity index (χ4n) is 4.25. The largest absolute Gasteiger partial charge is 0.508 e. The Hall–Kier alpha value is -2.37. The number of phenols is 1. The lowest BCUT2D eigenvalue weighted by molar-refractivity contribution is -0.147. The summed E-state index contributed by atoms with van der Waals surface area (Å²) in [5, 5.41) is 30.2. The lowest BCUT2D eigenvalue weighted by atomic mass is 9.68. The van der Waals surface area contributed by atoms with Gasteiger partial charge in [-0.05, 0) is 47.6 Å². The van der Waals surface area contributed by atoms with Crippen LogP contribution < -0.4 is 0 Å². The van der Waals surface area contributed by atoms with E-state index >= 15 is 0 Å². The molecule has 2 aromatic rings. The molecule has 0 spiro atoms. The van der Waals surface area contributed by atoms with Crippen LogP contribution in [0.15, 0.2) is 54.6 Å². The molecule has 1 saturated heterocycles. The Kier molecular flexibility index (Phi) is 6.06. The molecule has 1 aliphatic rings. The number of hydrogen-bond donors (Lipinski definition) is 3. The molecule has 5 nitrogen and oxygen atoms in total. The van der Waals surface area contributed by atoms with Crippen LogP contribution in [0.4, 0.5) is 0 Å². The number of aliphatic carboxylic acids is 1. The van der Waals surface area contributed by atoms with E-state index in [2.05, 4.69) is 18.7 Å². The zero-order chi connectivity index (χ0) is 20.3. The van der Waals surface area contributed by atoms with Gasteiger partial charge in [0.25, 0.3) is 0 Å². The molecule has 0 unspecified atom stereocenters. The predicted octanol–water partition coefficient (Wildman–Crippen LogP) is 3.43. The molecule has 150 valence electrons. The summed E-state index contributed by atoms with van der Waals surface area (Å²) in [5.41, 5.74) is 1.66. The smallest absolute Gasteiger partial charge is 0.310 e. The van der Waals surface area contributed by atoms with Gasteiger partial charge in [0.15, 0.2) is 0 Å². The first-order valence-corrected chi connectivity index (χ1v) is 9.79. The summed E-state index contributed by atoms with van der Waals surface area (Å²) in [4.78, 5) is 14.0. The van der Waals surface area contributed by atoms with Crippen molar-refractivity contribution in [3.63, 3.8) is 0 Å². The first-order chi connectivity index (χ1) is 13.3. The molecule has 4 atom stereocenters. The van der Waals surface area contributed by atoms with Crippen LogP contribution in [0, 0.1) is 11.8 Å². The van der Waals surface area contributed by atoms with Crippen LogP contribution in [0.5, 0.6) is 5.75 Å². The number of likely N-dealkylation sites (tertiary alicyclic amines) is 1. The second-order valence-corrected chi connectivity index (χ2v) is 8.18. The van der Waals surface area contributed by atoms with E-state index in [-0.39, 0.29) is 17.1 Å². The summed E-state index contributed by atoms with van der Waals surface area (Å²) in [6, 6.07) is 16.4. The molecule has 0 saturated carbocycles. The molecule has 5 heteroatoms. The molecule has 3 N–H and O–H groups in total. The van der Waals surface area contributed by atoms with E-state index in [9.17, 15) is 20.1 Å². The van der Waals surface area contributed by atoms with Gasteiger partial charge >= 0.3 is 5.97 Å². The number of aliphatic hydroxyl groups is 1. The monoisotopic (exact) mass is 383 g/mol. The fraction of sp³-hybridized carbons (Fsp3) is 0.435. The number of piperidine rings is 1. The van der Waals surface area contributed by atoms with Gasteiger partial charge in [-0.2, -0.15) is 0 Å². The second kappa shape index (κ2) is 8.33. The van der Waals surface area contributed by atoms with Crippen molar-refractivity contribution in [3.8, 4) is 5.75 Å². The Morgan fingerprint density at radius 3 is 2.54 bits per heavy atom. The lowest BCUT2D eigenvalue weighted by Crippen LogP contribution is -2.49. The van der Waals surface area contributed by atoms with Crippen molar-refractivity contribution < 1.29 is 20.1 Å². The van der Waals surface area contributed by atoms with Gasteiger partial charge in [0.1, 0.15) is 5.75 Å². The van der Waals surface area contributed by atoms with Gasteiger partial charge in [0.05, 0.1) is 12.0 Å². The minimum Gasteiger partial charge on any atom is -0.508 e. The third-order valence-electron chi connectivity index (χ3n) is 6.37. The molecule has 28 heavy (non-hydrogen) atoms. The number of carboxylic acid groups (broad SMARTS) is 1. The van der Waals surface area contributed by atoms with E-state index in [4.69, 9.17) is 0 Å². The number of aromatic hydroxyl groups is 1. The number of carboxylic acids is 1. The van der Waals surface area contributed by atoms with E-state index in [1.54, 1.807) is 30.3 Å². The number of benzene rings is 2. The Labute approximate surface area is 166 Å². The van der Waals surface area contributed by atoms with Crippen molar-refractivity contribution in [2.45, 2.75) is 31.8 Å². The Balaban J connectivity index is 1.71. The van der Waals surface area contributed by atoms with Crippen LogP contribution in [0.3, 0.4) is 0 Å². The first kappa shape index (κ1) is 20.4. The second-order valence-electron chi connectivity index (χ2n) is 8.18. The number of carbonyl (C=O) groups is 1. The fourth-order valence-corrected chi connectivity index (χ4v) is 4.25. The maximum Gasteiger partial charge on any atom is 0.310 e. The number of phenolic OH excluding ortho intramolecular Hbond substituents is 1. The molecule has 0 aromatic heterocycles. The average Bonchev–Trinajstić information content (AvgIpc) is 2.69. The minimum absolute atomic E-state index is 0.0774. The van der Waals surface area contributed by atoms with Crippen molar-refractivity contribution >= 4 is 5.97 Å². The Bertz CT molecular complexity index is 809. The predicted molar refractivity (Wildman–Crippen MR) is 108 cm³/mol. The molecular weight excluding hydrogens is 354 g/mol. The van der Waals surface area contributed by atoms with Crippen molar-refractivity contribution in [2.24, 2.45) is 11.8 Å². The highest BCUT2D eigenvalue weighted by atomic mass is 16.4. The molecule has 1 aliphatic heterocycles. The summed E-state index contributed by atoms with van der Waals surface area (Å²) in [6.45, 7) is 6.18. The summed E-state index contributed by atoms with van der Waals surface area (Å²) < 4.78 is 0. The van der Waals surface area contributed by atoms with E-state index in [0.717, 1.165) is 25.1 Å². The molecule has 0 aliphatic carbocycles. The van der Waals surface area contributed by atoms with Crippen molar-refractivity contribution in [1.29, 1.82) is 0 Å². The normalized spacial score (nSPS) is 25.2. The van der Waals surface area contributed by atoms with Crippen LogP contribution in [-0.4, -0.2) is 45.8 Å². The zero-order valence-corrected chi connectivity index (χ0v) is 16.5. The third-order valence-corrected chi connectivity index (χ3v) is 6.37. The van der Waals surface area contributed by atoms with Crippen LogP contribution in [-0.2, 0) is 10.2 Å². The number of aliphatic hydroxyl groups excluding tert-OH is 1. The van der Waals surface area contributed by atoms with Crippen LogP contribution in [0.1, 0.15) is 37.5 Å². The lowest BCUT2D eigenvalue weighted by Gasteiger charge is -2.45. The number of hydrogen-bond acceptors (Lipinski definition) is 4. The molecular formula is C23H29NO4. The van der Waals surface area contributed by atoms with Crippen LogP contribution in [0.25, 0.3) is 0 Å². The molecule has 0 amide bonds. The quantitative estimate of drug-likeness (QED) is 0.712. The van der Waals surface area contributed by atoms with Gasteiger partial charge in [-0.3, -0.25) is 4.79 Å². The third kappa shape index (κ3) is 4.21. The topological polar surface area (TPSA) is 81.0 Å². The maximum atomic E-state index is 11.8. The number of nitrogens with zero attached hydrogens (tertiary/aromatic N) is 1. The highest BCUT2D eigenvalue weighted by molar-refractivity contribution is 5.71. The van der Waals surface area contributed by atoms with E-state index in [1.165, 1.54) is 0 Å². The standard InChI is InChI=1S/C23H29NO4/c1-16-14-24(12-11-23(16,2)18-9-6-10-19(25)13-18)15-20(22(27)28)21(26)17-7-4-3-5-8-17/h3-10,13,16,20-21,25-26H,11-12,14-15H2,1-2H3,(H,27,28)/t16-,20+,21-,23+/m0/s1. The molecule has 1 fully saturated rings. The van der Waals surface area contributed by atoms with Crippen molar-refractivity contribution in [1.82, 2.24) is 4.90 Å². The van der Waals surface area contributed by atoms with Gasteiger partial charge in [0, 0.05) is 13.1 Å². The van der Waals surface area contributed by atoms with E-state index in [1.807, 2.05) is 24.3 Å². The van der Waals surface area contributed by atoms with Gasteiger partial charge in [-0.15, -0.1) is 0 Å². The summed E-state index contributed by atoms with van der Waals surface area (Å²) in [7, 11) is 0. The van der Waals surface area contributed by atoms with Gasteiger partial charge in [-0.25, -0.2) is 0 Å². The van der Waals surface area contributed by atoms with Crippen LogP contribution >= 0.6 is 0 Å². The molecule has 2 aromatic carbocycles. The molecule has 3 rings (SSSR count). The molecule has 1 heterocycles. The van der Waals surface area contributed by atoms with Crippen molar-refractivity contribution in [2.75, 3.05) is 19.6 Å². The maximum absolute atomic E-state index is 11.8. The summed E-state index contributed by atoms with van der Waals surface area (Å²) >= 11 is 0. The van der Waals surface area contributed by atoms with Gasteiger partial charge < -0.3 is 20.2 Å². The SMILES string of the molecule is C[C@H]1CN(C[C@@H](C(=O)O)[C@@H](O)c2ccccc2)CC[C@@]1(C)c1cccc(O)c1. The average molecular weight is 383 g/mol. The van der Waals surface area contributed by atoms with E-state index in [0.29, 0.717) is 12.1 Å². The summed E-state index contributed by atoms with van der Waals surface area (Å²) in [6.07, 6.45) is -0.167. The van der Waals surface area contributed by atoms with Gasteiger partial charge in [-0.1, -0.05) is 56.3 Å². The van der Waals surface area contributed by atoms with Crippen molar-refractivity contribution in [3.05, 3.63) is 65.7 Å².